The number of fused-ring (bicyclic) bond motifs is 1. The van der Waals surface area contributed by atoms with Gasteiger partial charge in [0.25, 0.3) is 0 Å². The van der Waals surface area contributed by atoms with E-state index in [9.17, 15) is 0 Å². The highest BCUT2D eigenvalue weighted by Crippen LogP contribution is 2.18. The van der Waals surface area contributed by atoms with Crippen LogP contribution in [-0.2, 0) is 6.42 Å². The minimum atomic E-state index is 0.223. The normalized spacial score (nSPS) is 13.4. The van der Waals surface area contributed by atoms with E-state index in [4.69, 9.17) is 5.73 Å². The van der Waals surface area contributed by atoms with Crippen LogP contribution in [0.4, 0.5) is 0 Å². The molecule has 0 saturated carbocycles. The quantitative estimate of drug-likeness (QED) is 0.719. The summed E-state index contributed by atoms with van der Waals surface area (Å²) in [5.41, 5.74) is 8.29. The largest absolute Gasteiger partial charge is 0.361 e. The summed E-state index contributed by atoms with van der Waals surface area (Å²) in [6.07, 6.45) is 2.91. The lowest BCUT2D eigenvalue weighted by atomic mass is 10.0. The van der Waals surface area contributed by atoms with Crippen molar-refractivity contribution >= 4 is 10.9 Å². The number of benzene rings is 1. The maximum atomic E-state index is 5.77. The van der Waals surface area contributed by atoms with Crippen LogP contribution in [0.3, 0.4) is 0 Å². The van der Waals surface area contributed by atoms with E-state index in [0.717, 1.165) is 6.42 Å². The fourth-order valence-electron chi connectivity index (χ4n) is 1.68. The monoisotopic (exact) mass is 174 g/mol. The molecule has 0 radical (unpaired) electrons. The van der Waals surface area contributed by atoms with Gasteiger partial charge < -0.3 is 10.7 Å². The number of nitrogens with one attached hydrogen (secondary N) is 1. The van der Waals surface area contributed by atoms with Crippen LogP contribution in [0.15, 0.2) is 30.5 Å². The van der Waals surface area contributed by atoms with Gasteiger partial charge in [-0.25, -0.2) is 0 Å². The van der Waals surface area contributed by atoms with E-state index in [1.807, 2.05) is 13.1 Å². The molecule has 1 aromatic carbocycles. The van der Waals surface area contributed by atoms with Crippen molar-refractivity contribution in [3.05, 3.63) is 36.0 Å². The molecule has 0 aliphatic rings. The first kappa shape index (κ1) is 8.32. The summed E-state index contributed by atoms with van der Waals surface area (Å²) in [7, 11) is 0. The molecule has 0 aliphatic heterocycles. The second-order valence-corrected chi connectivity index (χ2v) is 3.54. The van der Waals surface area contributed by atoms with Gasteiger partial charge in [-0.05, 0) is 31.0 Å². The number of hydrogen-bond acceptors (Lipinski definition) is 1. The Morgan fingerprint density at radius 2 is 2.23 bits per heavy atom. The molecule has 1 atom stereocenters. The highest BCUT2D eigenvalue weighted by atomic mass is 14.7. The lowest BCUT2D eigenvalue weighted by Gasteiger charge is -2.05. The molecule has 0 saturated heterocycles. The number of rotatable bonds is 2. The molecule has 68 valence electrons. The van der Waals surface area contributed by atoms with Gasteiger partial charge in [-0.15, -0.1) is 0 Å². The predicted octanol–water partition coefficient (Wildman–Crippen LogP) is 2.06. The Morgan fingerprint density at radius 3 is 3.00 bits per heavy atom. The molecule has 2 heteroatoms. The van der Waals surface area contributed by atoms with Crippen LogP contribution < -0.4 is 5.73 Å². The predicted molar refractivity (Wildman–Crippen MR) is 55.7 cm³/mol. The summed E-state index contributed by atoms with van der Waals surface area (Å²) < 4.78 is 0. The second kappa shape index (κ2) is 3.23. The van der Waals surface area contributed by atoms with E-state index >= 15 is 0 Å². The first-order chi connectivity index (χ1) is 6.27. The van der Waals surface area contributed by atoms with Gasteiger partial charge in [0, 0.05) is 23.1 Å². The average molecular weight is 174 g/mol. The molecule has 0 unspecified atom stereocenters. The summed E-state index contributed by atoms with van der Waals surface area (Å²) in [5.74, 6) is 0. The number of hydrogen-bond donors (Lipinski definition) is 2. The summed E-state index contributed by atoms with van der Waals surface area (Å²) in [4.78, 5) is 3.19. The molecule has 1 aromatic heterocycles. The highest BCUT2D eigenvalue weighted by Gasteiger charge is 2.02. The molecule has 3 N–H and O–H groups in total. The van der Waals surface area contributed by atoms with Gasteiger partial charge in [-0.2, -0.15) is 0 Å². The van der Waals surface area contributed by atoms with E-state index in [1.54, 1.807) is 0 Å². The Bertz CT molecular complexity index is 401. The summed E-state index contributed by atoms with van der Waals surface area (Å²) in [6.45, 7) is 2.03. The molecule has 0 bridgehead atoms. The number of H-pyrrole nitrogens is 1. The standard InChI is InChI=1S/C11H14N2/c1-8(12)7-9-3-2-4-11-10(9)5-6-13-11/h2-6,8,13H,7,12H2,1H3/t8-/m1/s1. The lowest BCUT2D eigenvalue weighted by molar-refractivity contribution is 0.742. The zero-order valence-corrected chi connectivity index (χ0v) is 7.75. The zero-order valence-electron chi connectivity index (χ0n) is 7.75. The number of aromatic amines is 1. The summed E-state index contributed by atoms with van der Waals surface area (Å²) >= 11 is 0. The summed E-state index contributed by atoms with van der Waals surface area (Å²) in [6, 6.07) is 8.61. The van der Waals surface area contributed by atoms with Crippen molar-refractivity contribution in [3.8, 4) is 0 Å². The minimum Gasteiger partial charge on any atom is -0.361 e. The van der Waals surface area contributed by atoms with Crippen LogP contribution in [0.5, 0.6) is 0 Å². The van der Waals surface area contributed by atoms with Crippen molar-refractivity contribution in [2.45, 2.75) is 19.4 Å². The third-order valence-electron chi connectivity index (χ3n) is 2.23. The van der Waals surface area contributed by atoms with E-state index in [1.165, 1.54) is 16.5 Å². The van der Waals surface area contributed by atoms with E-state index in [2.05, 4.69) is 29.2 Å². The Balaban J connectivity index is 2.48. The minimum absolute atomic E-state index is 0.223. The molecule has 2 aromatic rings. The van der Waals surface area contributed by atoms with Crippen molar-refractivity contribution in [3.63, 3.8) is 0 Å². The maximum absolute atomic E-state index is 5.77. The molecular weight excluding hydrogens is 160 g/mol. The van der Waals surface area contributed by atoms with Crippen LogP contribution >= 0.6 is 0 Å². The number of nitrogens with two attached hydrogens (primary N) is 1. The first-order valence-electron chi connectivity index (χ1n) is 4.58. The Morgan fingerprint density at radius 1 is 1.38 bits per heavy atom. The van der Waals surface area contributed by atoms with Crippen molar-refractivity contribution < 1.29 is 0 Å². The molecule has 0 fully saturated rings. The van der Waals surface area contributed by atoms with Gasteiger partial charge in [0.1, 0.15) is 0 Å². The molecule has 2 rings (SSSR count). The fraction of sp³-hybridized carbons (Fsp3) is 0.273. The third-order valence-corrected chi connectivity index (χ3v) is 2.23. The molecule has 0 aliphatic carbocycles. The van der Waals surface area contributed by atoms with Crippen LogP contribution in [0, 0.1) is 0 Å². The van der Waals surface area contributed by atoms with Gasteiger partial charge >= 0.3 is 0 Å². The molecule has 0 amide bonds. The van der Waals surface area contributed by atoms with Gasteiger partial charge in [-0.1, -0.05) is 12.1 Å². The van der Waals surface area contributed by atoms with Crippen LogP contribution in [-0.4, -0.2) is 11.0 Å². The molecule has 0 spiro atoms. The molecule has 1 heterocycles. The van der Waals surface area contributed by atoms with E-state index in [-0.39, 0.29) is 6.04 Å². The Kier molecular flexibility index (Phi) is 2.07. The van der Waals surface area contributed by atoms with Crippen molar-refractivity contribution in [1.82, 2.24) is 4.98 Å². The second-order valence-electron chi connectivity index (χ2n) is 3.54. The van der Waals surface area contributed by atoms with Crippen molar-refractivity contribution in [2.24, 2.45) is 5.73 Å². The van der Waals surface area contributed by atoms with Gasteiger partial charge in [0.15, 0.2) is 0 Å². The smallest absolute Gasteiger partial charge is 0.0456 e. The van der Waals surface area contributed by atoms with E-state index < -0.39 is 0 Å². The van der Waals surface area contributed by atoms with Gasteiger partial charge in [0.2, 0.25) is 0 Å². The average Bonchev–Trinajstić information content (AvgIpc) is 2.51. The summed E-state index contributed by atoms with van der Waals surface area (Å²) in [5, 5.41) is 1.29. The lowest BCUT2D eigenvalue weighted by Crippen LogP contribution is -2.17. The first-order valence-corrected chi connectivity index (χ1v) is 4.58. The van der Waals surface area contributed by atoms with Crippen LogP contribution in [0.25, 0.3) is 10.9 Å². The Labute approximate surface area is 77.8 Å². The van der Waals surface area contributed by atoms with Gasteiger partial charge in [-0.3, -0.25) is 0 Å². The van der Waals surface area contributed by atoms with Crippen molar-refractivity contribution in [2.75, 3.05) is 0 Å². The molecule has 13 heavy (non-hydrogen) atoms. The fourth-order valence-corrected chi connectivity index (χ4v) is 1.68. The number of aromatic nitrogens is 1. The van der Waals surface area contributed by atoms with Crippen molar-refractivity contribution in [1.29, 1.82) is 0 Å². The highest BCUT2D eigenvalue weighted by molar-refractivity contribution is 5.82. The maximum Gasteiger partial charge on any atom is 0.0456 e. The van der Waals surface area contributed by atoms with Crippen LogP contribution in [0.1, 0.15) is 12.5 Å². The van der Waals surface area contributed by atoms with E-state index in [0.29, 0.717) is 0 Å². The molecular formula is C11H14N2. The van der Waals surface area contributed by atoms with Gasteiger partial charge in [0.05, 0.1) is 0 Å². The molecule has 2 nitrogen and oxygen atoms in total. The zero-order chi connectivity index (χ0) is 9.26. The third kappa shape index (κ3) is 1.58. The van der Waals surface area contributed by atoms with Crippen LogP contribution in [0.2, 0.25) is 0 Å². The topological polar surface area (TPSA) is 41.8 Å². The SMILES string of the molecule is C[C@@H](N)Cc1cccc2[nH]ccc12. The Hall–Kier alpha value is -1.28.